The van der Waals surface area contributed by atoms with Crippen molar-refractivity contribution < 1.29 is 9.47 Å². The average molecular weight is 441 g/mol. The third-order valence-electron chi connectivity index (χ3n) is 3.23. The summed E-state index contributed by atoms with van der Waals surface area (Å²) in [6.07, 6.45) is 1.84. The number of hydrogen-bond acceptors (Lipinski definition) is 6. The van der Waals surface area contributed by atoms with E-state index < -0.39 is 0 Å². The number of anilines is 1. The molecular weight excluding hydrogens is 417 g/mol. The molecule has 2 N–H and O–H groups in total. The van der Waals surface area contributed by atoms with Crippen molar-refractivity contribution >= 4 is 46.4 Å². The first-order valence-electron chi connectivity index (χ1n) is 7.07. The van der Waals surface area contributed by atoms with Crippen LogP contribution in [0.15, 0.2) is 16.6 Å². The minimum Gasteiger partial charge on any atom is -0.382 e. The van der Waals surface area contributed by atoms with E-state index in [1.165, 1.54) is 0 Å². The van der Waals surface area contributed by atoms with Crippen LogP contribution >= 0.6 is 35.3 Å². The second-order valence-corrected chi connectivity index (χ2v) is 5.51. The van der Waals surface area contributed by atoms with Gasteiger partial charge in [-0.1, -0.05) is 0 Å². The molecule has 0 amide bonds. The maximum absolute atomic E-state index is 6.02. The Morgan fingerprint density at radius 1 is 1.32 bits per heavy atom. The van der Waals surface area contributed by atoms with Crippen molar-refractivity contribution in [3.05, 3.63) is 11.6 Å². The molecule has 2 rings (SSSR count). The summed E-state index contributed by atoms with van der Waals surface area (Å²) in [4.78, 5) is 13.1. The van der Waals surface area contributed by atoms with Crippen molar-refractivity contribution in [2.24, 2.45) is 10.7 Å². The summed E-state index contributed by atoms with van der Waals surface area (Å²) < 4.78 is 10.3. The Morgan fingerprint density at radius 3 is 2.73 bits per heavy atom. The molecule has 1 fully saturated rings. The highest BCUT2D eigenvalue weighted by atomic mass is 127. The molecule has 9 heteroatoms. The normalized spacial score (nSPS) is 15.8. The van der Waals surface area contributed by atoms with E-state index in [1.807, 2.05) is 11.6 Å². The minimum absolute atomic E-state index is 0. The molecule has 0 aliphatic carbocycles. The number of halogens is 1. The van der Waals surface area contributed by atoms with Crippen LogP contribution in [-0.2, 0) is 9.47 Å². The van der Waals surface area contributed by atoms with E-state index >= 15 is 0 Å². The van der Waals surface area contributed by atoms with Gasteiger partial charge in [-0.15, -0.1) is 35.3 Å². The molecule has 1 aliphatic heterocycles. The number of thiazole rings is 1. The molecule has 0 atom stereocenters. The summed E-state index contributed by atoms with van der Waals surface area (Å²) in [5, 5.41) is 3.08. The first-order valence-corrected chi connectivity index (χ1v) is 7.95. The second-order valence-electron chi connectivity index (χ2n) is 4.63. The van der Waals surface area contributed by atoms with Crippen LogP contribution in [0.25, 0.3) is 0 Å². The van der Waals surface area contributed by atoms with Crippen LogP contribution in [0.3, 0.4) is 0 Å². The zero-order chi connectivity index (χ0) is 14.9. The lowest BCUT2D eigenvalue weighted by molar-refractivity contribution is 0.0747. The van der Waals surface area contributed by atoms with Gasteiger partial charge in [0.1, 0.15) is 0 Å². The van der Waals surface area contributed by atoms with Crippen LogP contribution in [0.5, 0.6) is 0 Å². The molecule has 2 heterocycles. The summed E-state index contributed by atoms with van der Waals surface area (Å²) in [7, 11) is 1.66. The lowest BCUT2D eigenvalue weighted by Gasteiger charge is -2.35. The molecule has 0 radical (unpaired) electrons. The molecule has 0 aromatic carbocycles. The van der Waals surface area contributed by atoms with Gasteiger partial charge in [-0.3, -0.25) is 4.99 Å². The van der Waals surface area contributed by atoms with Crippen LogP contribution in [0, 0.1) is 0 Å². The molecule has 0 unspecified atom stereocenters. The topological polar surface area (TPSA) is 76.2 Å². The number of nitrogens with two attached hydrogens (primary N) is 1. The summed E-state index contributed by atoms with van der Waals surface area (Å²) in [6, 6.07) is 0. The number of rotatable bonds is 7. The predicted molar refractivity (Wildman–Crippen MR) is 100 cm³/mol. The highest BCUT2D eigenvalue weighted by Gasteiger charge is 2.19. The summed E-state index contributed by atoms with van der Waals surface area (Å²) >= 11 is 1.67. The fourth-order valence-corrected chi connectivity index (χ4v) is 2.76. The number of guanidine groups is 1. The van der Waals surface area contributed by atoms with Crippen LogP contribution in [0.1, 0.15) is 0 Å². The first-order chi connectivity index (χ1) is 10.3. The smallest absolute Gasteiger partial charge is 0.191 e. The van der Waals surface area contributed by atoms with Gasteiger partial charge in [0.25, 0.3) is 0 Å². The van der Waals surface area contributed by atoms with E-state index in [0.717, 1.165) is 31.3 Å². The second kappa shape index (κ2) is 11.0. The number of piperazine rings is 1. The Kier molecular flexibility index (Phi) is 9.68. The molecule has 1 aromatic heterocycles. The molecule has 126 valence electrons. The summed E-state index contributed by atoms with van der Waals surface area (Å²) in [6.45, 7) is 5.96. The fraction of sp³-hybridized carbons (Fsp3) is 0.692. The zero-order valence-corrected chi connectivity index (χ0v) is 16.0. The molecular formula is C13H24IN5O2S. The number of aromatic nitrogens is 1. The van der Waals surface area contributed by atoms with Gasteiger partial charge in [0.2, 0.25) is 0 Å². The average Bonchev–Trinajstić information content (AvgIpc) is 3.05. The molecule has 0 bridgehead atoms. The Morgan fingerprint density at radius 2 is 2.09 bits per heavy atom. The zero-order valence-electron chi connectivity index (χ0n) is 12.8. The van der Waals surface area contributed by atoms with Gasteiger partial charge >= 0.3 is 0 Å². The number of nitrogens with zero attached hydrogens (tertiary/aromatic N) is 4. The molecule has 0 spiro atoms. The van der Waals surface area contributed by atoms with E-state index in [9.17, 15) is 0 Å². The third kappa shape index (κ3) is 6.23. The Bertz CT molecular complexity index is 424. The quantitative estimate of drug-likeness (QED) is 0.293. The van der Waals surface area contributed by atoms with Crippen molar-refractivity contribution in [1.82, 2.24) is 9.88 Å². The molecule has 0 saturated carbocycles. The Hall–Kier alpha value is -0.650. The van der Waals surface area contributed by atoms with Gasteiger partial charge in [0, 0.05) is 44.9 Å². The summed E-state index contributed by atoms with van der Waals surface area (Å²) in [5.41, 5.74) is 6.02. The van der Waals surface area contributed by atoms with E-state index in [0.29, 0.717) is 32.3 Å². The van der Waals surface area contributed by atoms with Gasteiger partial charge in [0.05, 0.1) is 26.4 Å². The van der Waals surface area contributed by atoms with Crippen molar-refractivity contribution in [2.45, 2.75) is 0 Å². The van der Waals surface area contributed by atoms with Gasteiger partial charge in [0.15, 0.2) is 11.1 Å². The van der Waals surface area contributed by atoms with Crippen LogP contribution in [0.2, 0.25) is 0 Å². The maximum atomic E-state index is 6.02. The van der Waals surface area contributed by atoms with E-state index in [4.69, 9.17) is 15.2 Å². The molecule has 7 nitrogen and oxygen atoms in total. The number of ether oxygens (including phenoxy) is 2. The highest BCUT2D eigenvalue weighted by Crippen LogP contribution is 2.18. The molecule has 22 heavy (non-hydrogen) atoms. The lowest BCUT2D eigenvalue weighted by atomic mass is 10.3. The maximum Gasteiger partial charge on any atom is 0.191 e. The van der Waals surface area contributed by atoms with E-state index in [2.05, 4.69) is 19.8 Å². The fourth-order valence-electron chi connectivity index (χ4n) is 2.07. The highest BCUT2D eigenvalue weighted by molar-refractivity contribution is 14.0. The van der Waals surface area contributed by atoms with Crippen LogP contribution in [-0.4, -0.2) is 75.5 Å². The standard InChI is InChI=1S/C13H23N5O2S.HI/c1-19-9-10-20-8-2-15-12(14)17-4-6-18(7-5-17)13-16-3-11-21-13;/h3,11H,2,4-10H2,1H3,(H2,14,15);1H. The molecule has 1 aliphatic rings. The monoisotopic (exact) mass is 441 g/mol. The van der Waals surface area contributed by atoms with Crippen molar-refractivity contribution in [3.63, 3.8) is 0 Å². The Balaban J connectivity index is 0.00000242. The lowest BCUT2D eigenvalue weighted by Crippen LogP contribution is -2.51. The number of hydrogen-bond donors (Lipinski definition) is 1. The largest absolute Gasteiger partial charge is 0.382 e. The van der Waals surface area contributed by atoms with Crippen molar-refractivity contribution in [3.8, 4) is 0 Å². The first kappa shape index (κ1) is 19.4. The number of methoxy groups -OCH3 is 1. The molecule has 1 saturated heterocycles. The SMILES string of the molecule is COCCOCCN=C(N)N1CCN(c2nccs2)CC1.I. The van der Waals surface area contributed by atoms with E-state index in [-0.39, 0.29) is 24.0 Å². The van der Waals surface area contributed by atoms with Crippen molar-refractivity contribution in [2.75, 3.05) is 64.6 Å². The predicted octanol–water partition coefficient (Wildman–Crippen LogP) is 0.861. The van der Waals surface area contributed by atoms with Gasteiger partial charge in [-0.2, -0.15) is 0 Å². The van der Waals surface area contributed by atoms with Crippen molar-refractivity contribution in [1.29, 1.82) is 0 Å². The third-order valence-corrected chi connectivity index (χ3v) is 4.07. The van der Waals surface area contributed by atoms with Crippen LogP contribution in [0.4, 0.5) is 5.13 Å². The number of aliphatic imine (C=N–C) groups is 1. The van der Waals surface area contributed by atoms with E-state index in [1.54, 1.807) is 18.4 Å². The Labute approximate surface area is 152 Å². The van der Waals surface area contributed by atoms with Gasteiger partial charge in [-0.25, -0.2) is 4.98 Å². The molecule has 1 aromatic rings. The van der Waals surface area contributed by atoms with Gasteiger partial charge in [-0.05, 0) is 0 Å². The minimum atomic E-state index is 0. The summed E-state index contributed by atoms with van der Waals surface area (Å²) in [5.74, 6) is 0.601. The van der Waals surface area contributed by atoms with Gasteiger partial charge < -0.3 is 25.0 Å². The van der Waals surface area contributed by atoms with Crippen LogP contribution < -0.4 is 10.6 Å².